The Hall–Kier alpha value is -3.42. The molecule has 0 bridgehead atoms. The molecule has 1 amide bonds. The van der Waals surface area contributed by atoms with Crippen LogP contribution in [0, 0.1) is 6.92 Å². The summed E-state index contributed by atoms with van der Waals surface area (Å²) < 4.78 is 25.9. The molecule has 0 aliphatic heterocycles. The quantitative estimate of drug-likeness (QED) is 0.694. The van der Waals surface area contributed by atoms with Gasteiger partial charge in [0.05, 0.1) is 39.7 Å². The van der Waals surface area contributed by atoms with Crippen molar-refractivity contribution in [1.82, 2.24) is 0 Å². The van der Waals surface area contributed by atoms with E-state index in [-0.39, 0.29) is 5.56 Å². The monoisotopic (exact) mass is 389 g/mol. The average Bonchev–Trinajstić information content (AvgIpc) is 2.72. The number of amides is 1. The fourth-order valence-corrected chi connectivity index (χ4v) is 2.51. The minimum absolute atomic E-state index is 0.217. The summed E-state index contributed by atoms with van der Waals surface area (Å²) in [6.45, 7) is 1.34. The molecule has 0 fully saturated rings. The lowest BCUT2D eigenvalue weighted by atomic mass is 10.1. The van der Waals surface area contributed by atoms with Crippen molar-refractivity contribution in [3.05, 3.63) is 41.5 Å². The molecule has 8 heteroatoms. The van der Waals surface area contributed by atoms with Gasteiger partial charge in [-0.1, -0.05) is 0 Å². The molecule has 0 aliphatic carbocycles. The van der Waals surface area contributed by atoms with E-state index in [2.05, 4.69) is 5.32 Å². The predicted molar refractivity (Wildman–Crippen MR) is 103 cm³/mol. The van der Waals surface area contributed by atoms with Crippen molar-refractivity contribution >= 4 is 17.6 Å². The molecular weight excluding hydrogens is 366 g/mol. The summed E-state index contributed by atoms with van der Waals surface area (Å²) in [6, 6.07) is 8.00. The van der Waals surface area contributed by atoms with Crippen LogP contribution in [0.2, 0.25) is 0 Å². The number of carbonyl (C=O) groups is 2. The second-order valence-electron chi connectivity index (χ2n) is 5.70. The number of ether oxygens (including phenoxy) is 5. The third-order valence-corrected chi connectivity index (χ3v) is 4.01. The van der Waals surface area contributed by atoms with Gasteiger partial charge < -0.3 is 29.0 Å². The molecule has 0 atom stereocenters. The van der Waals surface area contributed by atoms with Crippen LogP contribution in [-0.2, 0) is 9.53 Å². The highest BCUT2D eigenvalue weighted by atomic mass is 16.5. The van der Waals surface area contributed by atoms with Gasteiger partial charge in [0.15, 0.2) is 6.61 Å². The van der Waals surface area contributed by atoms with Crippen molar-refractivity contribution in [2.24, 2.45) is 0 Å². The molecular formula is C20H23NO7. The number of hydrogen-bond donors (Lipinski definition) is 1. The maximum absolute atomic E-state index is 12.3. The first kappa shape index (κ1) is 20.9. The normalized spacial score (nSPS) is 10.0. The van der Waals surface area contributed by atoms with Crippen molar-refractivity contribution in [3.8, 4) is 23.0 Å². The molecule has 0 spiro atoms. The van der Waals surface area contributed by atoms with Gasteiger partial charge in [-0.2, -0.15) is 0 Å². The Morgan fingerprint density at radius 3 is 2.00 bits per heavy atom. The second kappa shape index (κ2) is 9.50. The van der Waals surface area contributed by atoms with Crippen molar-refractivity contribution < 1.29 is 33.3 Å². The van der Waals surface area contributed by atoms with Gasteiger partial charge in [0.25, 0.3) is 5.91 Å². The topological polar surface area (TPSA) is 92.3 Å². The molecule has 2 aromatic rings. The van der Waals surface area contributed by atoms with Gasteiger partial charge in [0, 0.05) is 11.6 Å². The Bertz CT molecular complexity index is 839. The van der Waals surface area contributed by atoms with E-state index in [4.69, 9.17) is 23.7 Å². The highest BCUT2D eigenvalue weighted by Gasteiger charge is 2.16. The molecule has 2 aromatic carbocycles. The van der Waals surface area contributed by atoms with Crippen LogP contribution in [0.5, 0.6) is 23.0 Å². The molecule has 0 radical (unpaired) electrons. The lowest BCUT2D eigenvalue weighted by molar-refractivity contribution is -0.119. The molecule has 0 saturated heterocycles. The highest BCUT2D eigenvalue weighted by molar-refractivity contribution is 5.96. The smallest absolute Gasteiger partial charge is 0.338 e. The molecule has 28 heavy (non-hydrogen) atoms. The molecule has 150 valence electrons. The van der Waals surface area contributed by atoms with Crippen molar-refractivity contribution in [3.63, 3.8) is 0 Å². The number of rotatable bonds is 8. The Morgan fingerprint density at radius 2 is 1.46 bits per heavy atom. The third kappa shape index (κ3) is 4.85. The zero-order valence-electron chi connectivity index (χ0n) is 16.5. The number of carbonyl (C=O) groups excluding carboxylic acids is 2. The molecule has 0 saturated carbocycles. The maximum atomic E-state index is 12.3. The van der Waals surface area contributed by atoms with Crippen LogP contribution >= 0.6 is 0 Å². The summed E-state index contributed by atoms with van der Waals surface area (Å²) in [4.78, 5) is 24.4. The first-order valence-electron chi connectivity index (χ1n) is 8.35. The Labute approximate surface area is 163 Å². The van der Waals surface area contributed by atoms with Crippen molar-refractivity contribution in [2.75, 3.05) is 40.4 Å². The first-order valence-corrected chi connectivity index (χ1v) is 8.35. The summed E-state index contributed by atoms with van der Waals surface area (Å²) in [5.74, 6) is 0.796. The maximum Gasteiger partial charge on any atom is 0.338 e. The lowest BCUT2D eigenvalue weighted by Gasteiger charge is -2.13. The predicted octanol–water partition coefficient (Wildman–Crippen LogP) is 2.82. The molecule has 0 aliphatic rings. The molecule has 8 nitrogen and oxygen atoms in total. The molecule has 0 heterocycles. The first-order chi connectivity index (χ1) is 13.4. The zero-order valence-corrected chi connectivity index (χ0v) is 16.5. The fraction of sp³-hybridized carbons (Fsp3) is 0.300. The van der Waals surface area contributed by atoms with Crippen LogP contribution in [0.25, 0.3) is 0 Å². The van der Waals surface area contributed by atoms with Gasteiger partial charge in [-0.05, 0) is 31.2 Å². The molecule has 0 aromatic heterocycles. The minimum atomic E-state index is -0.673. The summed E-state index contributed by atoms with van der Waals surface area (Å²) in [5, 5.41) is 2.63. The average molecular weight is 389 g/mol. The number of methoxy groups -OCH3 is 4. The number of esters is 1. The van der Waals surface area contributed by atoms with Crippen LogP contribution in [0.1, 0.15) is 15.9 Å². The van der Waals surface area contributed by atoms with Gasteiger partial charge in [0.1, 0.15) is 23.0 Å². The van der Waals surface area contributed by atoms with Gasteiger partial charge in [-0.15, -0.1) is 0 Å². The highest BCUT2D eigenvalue weighted by Crippen LogP contribution is 2.30. The Morgan fingerprint density at radius 1 is 0.857 bits per heavy atom. The fourth-order valence-electron chi connectivity index (χ4n) is 2.51. The number of nitrogens with one attached hydrogen (secondary N) is 1. The van der Waals surface area contributed by atoms with Crippen LogP contribution in [0.15, 0.2) is 30.3 Å². The summed E-state index contributed by atoms with van der Waals surface area (Å²) in [6.07, 6.45) is 0. The standard InChI is InChI=1S/C20H23NO7/c1-12-16(25-3)8-13(9-17(12)26-4)20(23)28-11-19(22)21-15-7-6-14(24-2)10-18(15)27-5/h6-10H,11H2,1-5H3,(H,21,22). The van der Waals surface area contributed by atoms with E-state index in [9.17, 15) is 9.59 Å². The molecule has 0 unspecified atom stereocenters. The lowest BCUT2D eigenvalue weighted by Crippen LogP contribution is -2.21. The summed E-state index contributed by atoms with van der Waals surface area (Å²) in [7, 11) is 5.99. The van der Waals surface area contributed by atoms with E-state index < -0.39 is 18.5 Å². The SMILES string of the molecule is COc1ccc(NC(=O)COC(=O)c2cc(OC)c(C)c(OC)c2)c(OC)c1. The Kier molecular flexibility index (Phi) is 7.08. The van der Waals surface area contributed by atoms with Crippen molar-refractivity contribution in [2.45, 2.75) is 6.92 Å². The zero-order chi connectivity index (χ0) is 20.7. The van der Waals surface area contributed by atoms with Crippen LogP contribution < -0.4 is 24.3 Å². The number of hydrogen-bond acceptors (Lipinski definition) is 7. The summed E-state index contributed by atoms with van der Waals surface area (Å²) in [5.41, 5.74) is 1.41. The van der Waals surface area contributed by atoms with Gasteiger partial charge in [-0.25, -0.2) is 4.79 Å². The van der Waals surface area contributed by atoms with E-state index in [0.29, 0.717) is 28.7 Å². The summed E-state index contributed by atoms with van der Waals surface area (Å²) >= 11 is 0. The van der Waals surface area contributed by atoms with Crippen LogP contribution in [0.4, 0.5) is 5.69 Å². The van der Waals surface area contributed by atoms with Crippen LogP contribution in [0.3, 0.4) is 0 Å². The van der Waals surface area contributed by atoms with E-state index in [1.807, 2.05) is 6.92 Å². The van der Waals surface area contributed by atoms with Gasteiger partial charge in [0.2, 0.25) is 0 Å². The minimum Gasteiger partial charge on any atom is -0.497 e. The molecule has 2 rings (SSSR count). The third-order valence-electron chi connectivity index (χ3n) is 4.01. The molecule has 1 N–H and O–H groups in total. The van der Waals surface area contributed by atoms with Gasteiger partial charge >= 0.3 is 5.97 Å². The van der Waals surface area contributed by atoms with Crippen molar-refractivity contribution in [1.29, 1.82) is 0 Å². The van der Waals surface area contributed by atoms with E-state index in [1.165, 1.54) is 40.6 Å². The van der Waals surface area contributed by atoms with Gasteiger partial charge in [-0.3, -0.25) is 4.79 Å². The second-order valence-corrected chi connectivity index (χ2v) is 5.70. The number of anilines is 1. The largest absolute Gasteiger partial charge is 0.497 e. The van der Waals surface area contributed by atoms with Crippen LogP contribution in [-0.4, -0.2) is 46.9 Å². The van der Waals surface area contributed by atoms with E-state index in [1.54, 1.807) is 18.2 Å². The van der Waals surface area contributed by atoms with E-state index >= 15 is 0 Å². The number of benzene rings is 2. The van der Waals surface area contributed by atoms with E-state index in [0.717, 1.165) is 5.56 Å². The Balaban J connectivity index is 2.04.